The molecule has 0 aliphatic heterocycles. The average molecular weight is 265 g/mol. The second kappa shape index (κ2) is 4.34. The van der Waals surface area contributed by atoms with Crippen molar-refractivity contribution in [3.05, 3.63) is 40.2 Å². The summed E-state index contributed by atoms with van der Waals surface area (Å²) in [5.41, 5.74) is 13.8. The van der Waals surface area contributed by atoms with E-state index < -0.39 is 5.91 Å². The summed E-state index contributed by atoms with van der Waals surface area (Å²) in [6.07, 6.45) is 0. The number of aromatic nitrogens is 2. The molecule has 4 N–H and O–H groups in total. The molecule has 5 nitrogen and oxygen atoms in total. The number of amides is 1. The molecular formula is C12H13ClN4O. The number of rotatable bonds is 2. The summed E-state index contributed by atoms with van der Waals surface area (Å²) in [4.78, 5) is 11.2. The number of primary amides is 1. The van der Waals surface area contributed by atoms with Gasteiger partial charge in [-0.25, -0.2) is 4.68 Å². The van der Waals surface area contributed by atoms with Crippen LogP contribution in [0.2, 0.25) is 5.02 Å². The Morgan fingerprint density at radius 3 is 2.56 bits per heavy atom. The minimum atomic E-state index is -0.568. The predicted octanol–water partition coefficient (Wildman–Crippen LogP) is 1.82. The van der Waals surface area contributed by atoms with Crippen LogP contribution in [0.25, 0.3) is 5.69 Å². The number of para-hydroxylation sites is 1. The lowest BCUT2D eigenvalue weighted by molar-refractivity contribution is 0.100. The Hall–Kier alpha value is -2.01. The number of benzene rings is 1. The van der Waals surface area contributed by atoms with Crippen LogP contribution < -0.4 is 11.5 Å². The van der Waals surface area contributed by atoms with Crippen LogP contribution >= 0.6 is 11.6 Å². The molecule has 0 spiro atoms. The number of nitrogens with two attached hydrogens (primary N) is 2. The molecule has 2 aromatic rings. The first kappa shape index (κ1) is 12.4. The lowest BCUT2D eigenvalue weighted by Crippen LogP contribution is -2.15. The molecule has 6 heteroatoms. The van der Waals surface area contributed by atoms with E-state index in [2.05, 4.69) is 5.10 Å². The molecule has 18 heavy (non-hydrogen) atoms. The number of nitrogens with zero attached hydrogens (tertiary/aromatic N) is 2. The normalized spacial score (nSPS) is 10.6. The first-order valence-corrected chi connectivity index (χ1v) is 5.71. The summed E-state index contributed by atoms with van der Waals surface area (Å²) in [5.74, 6) is -0.568. The molecule has 0 bridgehead atoms. The highest BCUT2D eigenvalue weighted by Gasteiger charge is 2.15. The molecule has 0 atom stereocenters. The number of nitrogen functional groups attached to an aromatic ring is 1. The van der Waals surface area contributed by atoms with Gasteiger partial charge in [-0.05, 0) is 26.0 Å². The fraction of sp³-hybridized carbons (Fsp3) is 0.167. The SMILES string of the molecule is Cc1nn(-c2cccc(C(N)=O)c2N)c(C)c1Cl. The molecule has 0 unspecified atom stereocenters. The zero-order chi connectivity index (χ0) is 13.4. The number of halogens is 1. The van der Waals surface area contributed by atoms with Crippen molar-refractivity contribution in [2.75, 3.05) is 5.73 Å². The molecule has 0 radical (unpaired) electrons. The second-order valence-electron chi connectivity index (χ2n) is 4.00. The van der Waals surface area contributed by atoms with Crippen LogP contribution in [-0.2, 0) is 0 Å². The van der Waals surface area contributed by atoms with Crippen LogP contribution in [-0.4, -0.2) is 15.7 Å². The highest BCUT2D eigenvalue weighted by Crippen LogP contribution is 2.26. The molecule has 2 rings (SSSR count). The van der Waals surface area contributed by atoms with E-state index in [-0.39, 0.29) is 5.56 Å². The Kier molecular flexibility index (Phi) is 3.00. The first-order chi connectivity index (χ1) is 8.43. The van der Waals surface area contributed by atoms with E-state index in [1.807, 2.05) is 6.92 Å². The Morgan fingerprint density at radius 2 is 2.06 bits per heavy atom. The van der Waals surface area contributed by atoms with Crippen molar-refractivity contribution in [1.29, 1.82) is 0 Å². The van der Waals surface area contributed by atoms with Gasteiger partial charge in [0, 0.05) is 0 Å². The molecule has 1 amide bonds. The van der Waals surface area contributed by atoms with Crippen LogP contribution in [0.1, 0.15) is 21.7 Å². The van der Waals surface area contributed by atoms with Crippen molar-refractivity contribution in [1.82, 2.24) is 9.78 Å². The number of hydrogen-bond donors (Lipinski definition) is 2. The molecular weight excluding hydrogens is 252 g/mol. The van der Waals surface area contributed by atoms with Crippen molar-refractivity contribution in [2.24, 2.45) is 5.73 Å². The Balaban J connectivity index is 2.68. The molecule has 94 valence electrons. The number of aryl methyl sites for hydroxylation is 1. The highest BCUT2D eigenvalue weighted by atomic mass is 35.5. The summed E-state index contributed by atoms with van der Waals surface area (Å²) >= 11 is 6.09. The van der Waals surface area contributed by atoms with Gasteiger partial charge in [-0.3, -0.25) is 4.79 Å². The first-order valence-electron chi connectivity index (χ1n) is 5.34. The van der Waals surface area contributed by atoms with Gasteiger partial charge in [-0.2, -0.15) is 5.10 Å². The standard InChI is InChI=1S/C12H13ClN4O/c1-6-10(13)7(2)17(16-6)9-5-3-4-8(11(9)14)12(15)18/h3-5H,14H2,1-2H3,(H2,15,18). The van der Waals surface area contributed by atoms with Crippen molar-refractivity contribution in [2.45, 2.75) is 13.8 Å². The molecule has 0 saturated carbocycles. The van der Waals surface area contributed by atoms with Crippen molar-refractivity contribution in [3.63, 3.8) is 0 Å². The van der Waals surface area contributed by atoms with Gasteiger partial charge in [-0.15, -0.1) is 0 Å². The highest BCUT2D eigenvalue weighted by molar-refractivity contribution is 6.31. The molecule has 0 aliphatic carbocycles. The van der Waals surface area contributed by atoms with E-state index in [1.165, 1.54) is 0 Å². The van der Waals surface area contributed by atoms with E-state index in [4.69, 9.17) is 23.1 Å². The van der Waals surface area contributed by atoms with Crippen LogP contribution in [0.5, 0.6) is 0 Å². The van der Waals surface area contributed by atoms with Crippen LogP contribution in [0, 0.1) is 13.8 Å². The van der Waals surface area contributed by atoms with Crippen molar-refractivity contribution in [3.8, 4) is 5.69 Å². The van der Waals surface area contributed by atoms with Gasteiger partial charge in [0.1, 0.15) is 0 Å². The van der Waals surface area contributed by atoms with Crippen molar-refractivity contribution < 1.29 is 4.79 Å². The average Bonchev–Trinajstić information content (AvgIpc) is 2.57. The van der Waals surface area contributed by atoms with Crippen LogP contribution in [0.4, 0.5) is 5.69 Å². The Bertz CT molecular complexity index is 633. The van der Waals surface area contributed by atoms with Crippen LogP contribution in [0.3, 0.4) is 0 Å². The Labute approximate surface area is 109 Å². The van der Waals surface area contributed by atoms with Crippen LogP contribution in [0.15, 0.2) is 18.2 Å². The quantitative estimate of drug-likeness (QED) is 0.811. The molecule has 1 heterocycles. The van der Waals surface area contributed by atoms with Gasteiger partial charge in [-0.1, -0.05) is 17.7 Å². The summed E-state index contributed by atoms with van der Waals surface area (Å²) in [5, 5.41) is 4.88. The van der Waals surface area contributed by atoms with E-state index in [1.54, 1.807) is 29.8 Å². The molecule has 0 saturated heterocycles. The monoisotopic (exact) mass is 264 g/mol. The minimum absolute atomic E-state index is 0.274. The van der Waals surface area contributed by atoms with E-state index in [0.29, 0.717) is 22.1 Å². The zero-order valence-corrected chi connectivity index (χ0v) is 10.8. The topological polar surface area (TPSA) is 86.9 Å². The lowest BCUT2D eigenvalue weighted by Gasteiger charge is -2.10. The summed E-state index contributed by atoms with van der Waals surface area (Å²) in [7, 11) is 0. The van der Waals surface area contributed by atoms with Gasteiger partial charge >= 0.3 is 0 Å². The van der Waals surface area contributed by atoms with Crippen molar-refractivity contribution >= 4 is 23.2 Å². The van der Waals surface area contributed by atoms with Gasteiger partial charge in [0.05, 0.1) is 33.3 Å². The van der Waals surface area contributed by atoms with E-state index in [0.717, 1.165) is 5.69 Å². The molecule has 0 fully saturated rings. The zero-order valence-electron chi connectivity index (χ0n) is 10.1. The minimum Gasteiger partial charge on any atom is -0.396 e. The van der Waals surface area contributed by atoms with Gasteiger partial charge in [0.25, 0.3) is 5.91 Å². The second-order valence-corrected chi connectivity index (χ2v) is 4.38. The fourth-order valence-electron chi connectivity index (χ4n) is 1.81. The van der Waals surface area contributed by atoms with E-state index in [9.17, 15) is 4.79 Å². The third-order valence-corrected chi connectivity index (χ3v) is 3.33. The third-order valence-electron chi connectivity index (χ3n) is 2.78. The number of carbonyl (C=O) groups is 1. The van der Waals surface area contributed by atoms with E-state index >= 15 is 0 Å². The smallest absolute Gasteiger partial charge is 0.250 e. The number of anilines is 1. The number of hydrogen-bond acceptors (Lipinski definition) is 3. The van der Waals surface area contributed by atoms with Gasteiger partial charge in [0.15, 0.2) is 0 Å². The molecule has 1 aromatic carbocycles. The third kappa shape index (κ3) is 1.82. The maximum Gasteiger partial charge on any atom is 0.250 e. The number of carbonyl (C=O) groups excluding carboxylic acids is 1. The largest absolute Gasteiger partial charge is 0.396 e. The van der Waals surface area contributed by atoms with Gasteiger partial charge < -0.3 is 11.5 Å². The fourth-order valence-corrected chi connectivity index (χ4v) is 1.93. The van der Waals surface area contributed by atoms with Gasteiger partial charge in [0.2, 0.25) is 0 Å². The Morgan fingerprint density at radius 1 is 1.39 bits per heavy atom. The maximum absolute atomic E-state index is 11.2. The molecule has 1 aromatic heterocycles. The summed E-state index contributed by atoms with van der Waals surface area (Å²) < 4.78 is 1.61. The lowest BCUT2D eigenvalue weighted by atomic mass is 10.1. The summed E-state index contributed by atoms with van der Waals surface area (Å²) in [6.45, 7) is 3.64. The maximum atomic E-state index is 11.2. The molecule has 0 aliphatic rings. The predicted molar refractivity (Wildman–Crippen MR) is 71.0 cm³/mol. The summed E-state index contributed by atoms with van der Waals surface area (Å²) in [6, 6.07) is 5.04.